The van der Waals surface area contributed by atoms with Crippen LogP contribution in [0, 0.1) is 0 Å². The van der Waals surface area contributed by atoms with E-state index in [0.717, 1.165) is 17.6 Å². The summed E-state index contributed by atoms with van der Waals surface area (Å²) in [5, 5.41) is 4.17. The highest BCUT2D eigenvalue weighted by Gasteiger charge is 2.05. The Labute approximate surface area is 76.4 Å². The Hall–Kier alpha value is -1.42. The molecule has 0 amide bonds. The fourth-order valence-electron chi connectivity index (χ4n) is 1.37. The molecule has 4 heteroatoms. The molecule has 2 N–H and O–H groups in total. The first kappa shape index (κ1) is 8.19. The van der Waals surface area contributed by atoms with Gasteiger partial charge in [-0.3, -0.25) is 0 Å². The average Bonchev–Trinajstić information content (AvgIpc) is 2.48. The number of rotatable bonds is 2. The van der Waals surface area contributed by atoms with Crippen LogP contribution in [0.4, 0.5) is 0 Å². The highest BCUT2D eigenvalue weighted by Crippen LogP contribution is 2.08. The molecule has 0 saturated heterocycles. The van der Waals surface area contributed by atoms with Crippen LogP contribution in [0.5, 0.6) is 0 Å². The first-order valence-electron chi connectivity index (χ1n) is 4.30. The fraction of sp³-hybridized carbons (Fsp3) is 0.333. The Morgan fingerprint density at radius 3 is 3.23 bits per heavy atom. The Morgan fingerprint density at radius 2 is 2.46 bits per heavy atom. The minimum Gasteiger partial charge on any atom is -0.328 e. The van der Waals surface area contributed by atoms with Gasteiger partial charge >= 0.3 is 0 Å². The van der Waals surface area contributed by atoms with E-state index in [2.05, 4.69) is 10.1 Å². The predicted molar refractivity (Wildman–Crippen MR) is 50.3 cm³/mol. The van der Waals surface area contributed by atoms with E-state index in [9.17, 15) is 0 Å². The number of nitrogens with two attached hydrogens (primary N) is 1. The number of aromatic nitrogens is 3. The summed E-state index contributed by atoms with van der Waals surface area (Å²) in [7, 11) is 0. The SMILES string of the molecule is CC(N)Cc1cnn2cccnc12. The summed E-state index contributed by atoms with van der Waals surface area (Å²) in [5.41, 5.74) is 7.72. The van der Waals surface area contributed by atoms with E-state index in [1.54, 1.807) is 10.7 Å². The average molecular weight is 176 g/mol. The third-order valence-corrected chi connectivity index (χ3v) is 1.89. The first-order chi connectivity index (χ1) is 6.27. The molecule has 2 aromatic heterocycles. The van der Waals surface area contributed by atoms with Crippen molar-refractivity contribution in [2.24, 2.45) is 5.73 Å². The molecule has 0 aromatic carbocycles. The number of nitrogens with zero attached hydrogens (tertiary/aromatic N) is 3. The zero-order valence-electron chi connectivity index (χ0n) is 7.51. The van der Waals surface area contributed by atoms with Gasteiger partial charge in [0.1, 0.15) is 0 Å². The van der Waals surface area contributed by atoms with Gasteiger partial charge in [0.25, 0.3) is 0 Å². The molecule has 13 heavy (non-hydrogen) atoms. The quantitative estimate of drug-likeness (QED) is 0.729. The molecule has 2 heterocycles. The molecule has 0 aliphatic heterocycles. The van der Waals surface area contributed by atoms with Gasteiger partial charge in [-0.2, -0.15) is 5.10 Å². The Kier molecular flexibility index (Phi) is 1.98. The third-order valence-electron chi connectivity index (χ3n) is 1.89. The molecule has 0 spiro atoms. The summed E-state index contributed by atoms with van der Waals surface area (Å²) in [6, 6.07) is 2.00. The van der Waals surface area contributed by atoms with Crippen LogP contribution in [-0.4, -0.2) is 20.6 Å². The second kappa shape index (κ2) is 3.14. The van der Waals surface area contributed by atoms with Gasteiger partial charge in [0.05, 0.1) is 6.20 Å². The van der Waals surface area contributed by atoms with Crippen molar-refractivity contribution < 1.29 is 0 Å². The van der Waals surface area contributed by atoms with Crippen LogP contribution in [-0.2, 0) is 6.42 Å². The third kappa shape index (κ3) is 1.53. The van der Waals surface area contributed by atoms with E-state index >= 15 is 0 Å². The summed E-state index contributed by atoms with van der Waals surface area (Å²) in [6.45, 7) is 1.98. The van der Waals surface area contributed by atoms with Crippen LogP contribution in [0.15, 0.2) is 24.7 Å². The summed E-state index contributed by atoms with van der Waals surface area (Å²) in [6.07, 6.45) is 6.29. The number of fused-ring (bicyclic) bond motifs is 1. The molecule has 0 aliphatic carbocycles. The Morgan fingerprint density at radius 1 is 1.62 bits per heavy atom. The van der Waals surface area contributed by atoms with Crippen LogP contribution in [0.2, 0.25) is 0 Å². The summed E-state index contributed by atoms with van der Waals surface area (Å²) in [5.74, 6) is 0. The number of hydrogen-bond donors (Lipinski definition) is 1. The molecule has 0 radical (unpaired) electrons. The summed E-state index contributed by atoms with van der Waals surface area (Å²) >= 11 is 0. The van der Waals surface area contributed by atoms with Crippen molar-refractivity contribution in [2.75, 3.05) is 0 Å². The van der Waals surface area contributed by atoms with Crippen LogP contribution in [0.1, 0.15) is 12.5 Å². The second-order valence-corrected chi connectivity index (χ2v) is 3.24. The zero-order chi connectivity index (χ0) is 9.26. The predicted octanol–water partition coefficient (Wildman–Crippen LogP) is 0.619. The molecule has 1 unspecified atom stereocenters. The van der Waals surface area contributed by atoms with E-state index in [1.807, 2.05) is 25.4 Å². The molecule has 4 nitrogen and oxygen atoms in total. The zero-order valence-corrected chi connectivity index (χ0v) is 7.51. The van der Waals surface area contributed by atoms with E-state index < -0.39 is 0 Å². The smallest absolute Gasteiger partial charge is 0.158 e. The lowest BCUT2D eigenvalue weighted by molar-refractivity contribution is 0.740. The van der Waals surface area contributed by atoms with Gasteiger partial charge in [0.15, 0.2) is 5.65 Å². The number of hydrogen-bond acceptors (Lipinski definition) is 3. The lowest BCUT2D eigenvalue weighted by Crippen LogP contribution is -2.17. The van der Waals surface area contributed by atoms with Gasteiger partial charge in [-0.25, -0.2) is 9.50 Å². The molecule has 68 valence electrons. The molecule has 0 bridgehead atoms. The van der Waals surface area contributed by atoms with Gasteiger partial charge in [-0.1, -0.05) is 0 Å². The fourth-order valence-corrected chi connectivity index (χ4v) is 1.37. The molecule has 1 atom stereocenters. The van der Waals surface area contributed by atoms with Crippen LogP contribution < -0.4 is 5.73 Å². The summed E-state index contributed by atoms with van der Waals surface area (Å²) in [4.78, 5) is 4.24. The van der Waals surface area contributed by atoms with Crippen LogP contribution in [0.25, 0.3) is 5.65 Å². The lowest BCUT2D eigenvalue weighted by atomic mass is 10.1. The van der Waals surface area contributed by atoms with E-state index in [4.69, 9.17) is 5.73 Å². The Balaban J connectivity index is 2.46. The van der Waals surface area contributed by atoms with Gasteiger partial charge < -0.3 is 5.73 Å². The monoisotopic (exact) mass is 176 g/mol. The second-order valence-electron chi connectivity index (χ2n) is 3.24. The maximum absolute atomic E-state index is 5.71. The Bertz CT molecular complexity index is 405. The maximum atomic E-state index is 5.71. The molecule has 2 rings (SSSR count). The topological polar surface area (TPSA) is 56.2 Å². The highest BCUT2D eigenvalue weighted by molar-refractivity contribution is 5.45. The van der Waals surface area contributed by atoms with Gasteiger partial charge in [-0.05, 0) is 19.4 Å². The first-order valence-corrected chi connectivity index (χ1v) is 4.30. The van der Waals surface area contributed by atoms with Crippen molar-refractivity contribution in [3.05, 3.63) is 30.2 Å². The van der Waals surface area contributed by atoms with E-state index in [1.165, 1.54) is 0 Å². The van der Waals surface area contributed by atoms with Crippen molar-refractivity contribution in [2.45, 2.75) is 19.4 Å². The van der Waals surface area contributed by atoms with Crippen LogP contribution in [0.3, 0.4) is 0 Å². The molecule has 0 aliphatic rings. The van der Waals surface area contributed by atoms with Gasteiger partial charge in [-0.15, -0.1) is 0 Å². The maximum Gasteiger partial charge on any atom is 0.158 e. The largest absolute Gasteiger partial charge is 0.328 e. The molecule has 0 saturated carbocycles. The van der Waals surface area contributed by atoms with Crippen molar-refractivity contribution in [3.63, 3.8) is 0 Å². The van der Waals surface area contributed by atoms with Gasteiger partial charge in [0.2, 0.25) is 0 Å². The van der Waals surface area contributed by atoms with Crippen LogP contribution >= 0.6 is 0 Å². The van der Waals surface area contributed by atoms with E-state index in [-0.39, 0.29) is 6.04 Å². The minimum absolute atomic E-state index is 0.148. The molecule has 2 aromatic rings. The molecule has 0 fully saturated rings. The van der Waals surface area contributed by atoms with Crippen molar-refractivity contribution >= 4 is 5.65 Å². The van der Waals surface area contributed by atoms with Crippen molar-refractivity contribution in [1.29, 1.82) is 0 Å². The van der Waals surface area contributed by atoms with Crippen molar-refractivity contribution in [1.82, 2.24) is 14.6 Å². The molecular weight excluding hydrogens is 164 g/mol. The summed E-state index contributed by atoms with van der Waals surface area (Å²) < 4.78 is 1.76. The highest BCUT2D eigenvalue weighted by atomic mass is 15.2. The minimum atomic E-state index is 0.148. The molecular formula is C9H12N4. The van der Waals surface area contributed by atoms with Crippen molar-refractivity contribution in [3.8, 4) is 0 Å². The van der Waals surface area contributed by atoms with E-state index in [0.29, 0.717) is 0 Å². The lowest BCUT2D eigenvalue weighted by Gasteiger charge is -2.01. The normalized spacial score (nSPS) is 13.4. The standard InChI is InChI=1S/C9H12N4/c1-7(10)5-8-6-12-13-4-2-3-11-9(8)13/h2-4,6-7H,5,10H2,1H3. The van der Waals surface area contributed by atoms with Gasteiger partial charge in [0, 0.05) is 24.0 Å².